The summed E-state index contributed by atoms with van der Waals surface area (Å²) in [6, 6.07) is 14.2. The molecular weight excluding hydrogens is 314 g/mol. The van der Waals surface area contributed by atoms with Gasteiger partial charge in [0.25, 0.3) is 0 Å². The SMILES string of the molecule is Cc1nc(Cc2nc(C(C)N)n[nH]2)n(-c2cccc3ccccc23)n1. The van der Waals surface area contributed by atoms with Crippen LogP contribution in [-0.4, -0.2) is 29.9 Å². The van der Waals surface area contributed by atoms with Gasteiger partial charge in [0.2, 0.25) is 0 Å². The van der Waals surface area contributed by atoms with E-state index in [1.54, 1.807) is 0 Å². The fraction of sp³-hybridized carbons (Fsp3) is 0.222. The number of hydrogen-bond donors (Lipinski definition) is 2. The molecule has 2 aromatic heterocycles. The van der Waals surface area contributed by atoms with Crippen LogP contribution in [-0.2, 0) is 6.42 Å². The first kappa shape index (κ1) is 15.5. The number of aromatic amines is 1. The Hall–Kier alpha value is -3.06. The summed E-state index contributed by atoms with van der Waals surface area (Å²) in [5, 5.41) is 14.0. The Balaban J connectivity index is 1.78. The highest BCUT2D eigenvalue weighted by Gasteiger charge is 2.15. The van der Waals surface area contributed by atoms with Gasteiger partial charge in [-0.2, -0.15) is 10.2 Å². The zero-order valence-corrected chi connectivity index (χ0v) is 14.1. The zero-order chi connectivity index (χ0) is 17.4. The van der Waals surface area contributed by atoms with Crippen LogP contribution in [0.3, 0.4) is 0 Å². The number of nitrogens with one attached hydrogen (secondary N) is 1. The highest BCUT2D eigenvalue weighted by molar-refractivity contribution is 5.90. The number of H-pyrrole nitrogens is 1. The first-order valence-corrected chi connectivity index (χ1v) is 8.19. The molecule has 4 aromatic rings. The van der Waals surface area contributed by atoms with Crippen LogP contribution in [0.4, 0.5) is 0 Å². The second kappa shape index (κ2) is 6.10. The van der Waals surface area contributed by atoms with Gasteiger partial charge in [-0.25, -0.2) is 14.6 Å². The summed E-state index contributed by atoms with van der Waals surface area (Å²) in [6.45, 7) is 3.74. The lowest BCUT2D eigenvalue weighted by atomic mass is 10.1. The number of hydrogen-bond acceptors (Lipinski definition) is 5. The minimum Gasteiger partial charge on any atom is -0.321 e. The number of aromatic nitrogens is 6. The smallest absolute Gasteiger partial charge is 0.167 e. The van der Waals surface area contributed by atoms with Crippen molar-refractivity contribution in [2.75, 3.05) is 0 Å². The van der Waals surface area contributed by atoms with Crippen molar-refractivity contribution in [3.63, 3.8) is 0 Å². The first-order valence-electron chi connectivity index (χ1n) is 8.19. The molecule has 2 aromatic carbocycles. The molecule has 0 aliphatic carbocycles. The molecule has 0 spiro atoms. The minimum absolute atomic E-state index is 0.206. The van der Waals surface area contributed by atoms with E-state index in [4.69, 9.17) is 5.73 Å². The van der Waals surface area contributed by atoms with Crippen molar-refractivity contribution in [1.82, 2.24) is 29.9 Å². The second-order valence-corrected chi connectivity index (χ2v) is 6.09. The van der Waals surface area contributed by atoms with E-state index in [0.29, 0.717) is 12.2 Å². The fourth-order valence-electron chi connectivity index (χ4n) is 2.90. The first-order chi connectivity index (χ1) is 12.1. The van der Waals surface area contributed by atoms with Gasteiger partial charge in [-0.3, -0.25) is 5.10 Å². The maximum Gasteiger partial charge on any atom is 0.167 e. The maximum atomic E-state index is 5.83. The van der Waals surface area contributed by atoms with Crippen LogP contribution in [0.5, 0.6) is 0 Å². The van der Waals surface area contributed by atoms with Gasteiger partial charge in [0.15, 0.2) is 5.82 Å². The van der Waals surface area contributed by atoms with Crippen molar-refractivity contribution in [2.24, 2.45) is 5.73 Å². The largest absolute Gasteiger partial charge is 0.321 e. The van der Waals surface area contributed by atoms with Crippen LogP contribution in [0.15, 0.2) is 42.5 Å². The average Bonchev–Trinajstić information content (AvgIpc) is 3.21. The third-order valence-electron chi connectivity index (χ3n) is 4.06. The standard InChI is InChI=1S/C18H19N7/c1-11(19)18-21-16(22-23-18)10-17-20-12(2)24-25(17)15-9-5-7-13-6-3-4-8-14(13)15/h3-9,11H,10,19H2,1-2H3,(H,21,22,23). The molecule has 1 unspecified atom stereocenters. The van der Waals surface area contributed by atoms with Gasteiger partial charge in [0.05, 0.1) is 18.2 Å². The lowest BCUT2D eigenvalue weighted by Gasteiger charge is -2.08. The van der Waals surface area contributed by atoms with Gasteiger partial charge in [0, 0.05) is 5.39 Å². The summed E-state index contributed by atoms with van der Waals surface area (Å²) >= 11 is 0. The molecule has 0 bridgehead atoms. The molecule has 25 heavy (non-hydrogen) atoms. The molecule has 0 amide bonds. The molecule has 0 saturated carbocycles. The quantitative estimate of drug-likeness (QED) is 0.598. The molecule has 0 aliphatic rings. The molecule has 7 nitrogen and oxygen atoms in total. The molecule has 3 N–H and O–H groups in total. The number of nitrogens with two attached hydrogens (primary N) is 1. The number of rotatable bonds is 4. The zero-order valence-electron chi connectivity index (χ0n) is 14.1. The Morgan fingerprint density at radius 1 is 1.12 bits per heavy atom. The van der Waals surface area contributed by atoms with Crippen molar-refractivity contribution in [1.29, 1.82) is 0 Å². The molecule has 2 heterocycles. The Morgan fingerprint density at radius 3 is 2.72 bits per heavy atom. The van der Waals surface area contributed by atoms with Gasteiger partial charge in [-0.1, -0.05) is 36.4 Å². The van der Waals surface area contributed by atoms with Crippen molar-refractivity contribution >= 4 is 10.8 Å². The van der Waals surface area contributed by atoms with Crippen molar-refractivity contribution < 1.29 is 0 Å². The van der Waals surface area contributed by atoms with Gasteiger partial charge in [0.1, 0.15) is 17.5 Å². The molecule has 0 fully saturated rings. The highest BCUT2D eigenvalue weighted by Crippen LogP contribution is 2.23. The molecule has 0 aliphatic heterocycles. The lowest BCUT2D eigenvalue weighted by molar-refractivity contribution is 0.744. The summed E-state index contributed by atoms with van der Waals surface area (Å²) in [6.07, 6.45) is 0.504. The normalized spacial score (nSPS) is 12.6. The van der Waals surface area contributed by atoms with Crippen LogP contribution in [0, 0.1) is 6.92 Å². The molecule has 0 saturated heterocycles. The van der Waals surface area contributed by atoms with Gasteiger partial charge in [-0.05, 0) is 25.3 Å². The van der Waals surface area contributed by atoms with Crippen LogP contribution >= 0.6 is 0 Å². The third kappa shape index (κ3) is 2.89. The molecular formula is C18H19N7. The third-order valence-corrected chi connectivity index (χ3v) is 4.06. The van der Waals surface area contributed by atoms with Crippen molar-refractivity contribution in [3.8, 4) is 5.69 Å². The van der Waals surface area contributed by atoms with Gasteiger partial charge < -0.3 is 5.73 Å². The van der Waals surface area contributed by atoms with Crippen LogP contribution in [0.2, 0.25) is 0 Å². The van der Waals surface area contributed by atoms with Crippen molar-refractivity contribution in [2.45, 2.75) is 26.3 Å². The highest BCUT2D eigenvalue weighted by atomic mass is 15.4. The fourth-order valence-corrected chi connectivity index (χ4v) is 2.90. The number of fused-ring (bicyclic) bond motifs is 1. The van der Waals surface area contributed by atoms with Crippen LogP contribution in [0.25, 0.3) is 16.5 Å². The van der Waals surface area contributed by atoms with Crippen molar-refractivity contribution in [3.05, 3.63) is 65.8 Å². The Morgan fingerprint density at radius 2 is 1.92 bits per heavy atom. The summed E-state index contributed by atoms with van der Waals surface area (Å²) in [4.78, 5) is 9.01. The second-order valence-electron chi connectivity index (χ2n) is 6.09. The lowest BCUT2D eigenvalue weighted by Crippen LogP contribution is -2.07. The van der Waals surface area contributed by atoms with E-state index in [0.717, 1.165) is 33.9 Å². The summed E-state index contributed by atoms with van der Waals surface area (Å²) in [5.41, 5.74) is 6.83. The monoisotopic (exact) mass is 333 g/mol. The maximum absolute atomic E-state index is 5.83. The van der Waals surface area contributed by atoms with E-state index in [2.05, 4.69) is 43.5 Å². The Bertz CT molecular complexity index is 1020. The van der Waals surface area contributed by atoms with E-state index < -0.39 is 0 Å². The summed E-state index contributed by atoms with van der Waals surface area (Å²) < 4.78 is 1.88. The van der Waals surface area contributed by atoms with E-state index in [9.17, 15) is 0 Å². The van der Waals surface area contributed by atoms with Crippen LogP contribution < -0.4 is 5.73 Å². The predicted octanol–water partition coefficient (Wildman–Crippen LogP) is 2.46. The predicted molar refractivity (Wildman–Crippen MR) is 95.4 cm³/mol. The molecule has 1 atom stereocenters. The molecule has 126 valence electrons. The number of benzene rings is 2. The van der Waals surface area contributed by atoms with Crippen LogP contribution in [0.1, 0.15) is 36.3 Å². The number of aryl methyl sites for hydroxylation is 1. The minimum atomic E-state index is -0.206. The van der Waals surface area contributed by atoms with E-state index in [-0.39, 0.29) is 6.04 Å². The van der Waals surface area contributed by atoms with E-state index in [1.165, 1.54) is 0 Å². The van der Waals surface area contributed by atoms with E-state index in [1.807, 2.05) is 42.8 Å². The van der Waals surface area contributed by atoms with E-state index >= 15 is 0 Å². The van der Waals surface area contributed by atoms with Gasteiger partial charge >= 0.3 is 0 Å². The number of nitrogens with zero attached hydrogens (tertiary/aromatic N) is 5. The summed E-state index contributed by atoms with van der Waals surface area (Å²) in [5.74, 6) is 2.85. The summed E-state index contributed by atoms with van der Waals surface area (Å²) in [7, 11) is 0. The Kier molecular flexibility index (Phi) is 3.77. The Labute approximate surface area is 144 Å². The topological polar surface area (TPSA) is 98.3 Å². The molecule has 0 radical (unpaired) electrons. The molecule has 7 heteroatoms. The van der Waals surface area contributed by atoms with Gasteiger partial charge in [-0.15, -0.1) is 0 Å². The molecule has 4 rings (SSSR count). The average molecular weight is 333 g/mol.